The quantitative estimate of drug-likeness (QED) is 0.466. The highest BCUT2D eigenvalue weighted by atomic mass is 16.6. The number of nitro groups is 1. The lowest BCUT2D eigenvalue weighted by Gasteiger charge is -2.33. The highest BCUT2D eigenvalue weighted by molar-refractivity contribution is 6.05. The number of nitrogens with zero attached hydrogens (tertiary/aromatic N) is 3. The van der Waals surface area contributed by atoms with Crippen molar-refractivity contribution in [2.24, 2.45) is 10.9 Å². The lowest BCUT2D eigenvalue weighted by molar-refractivity contribution is -0.384. The first-order valence-electron chi connectivity index (χ1n) is 10.2. The molecule has 30 heavy (non-hydrogen) atoms. The van der Waals surface area contributed by atoms with Gasteiger partial charge in [-0.1, -0.05) is 12.1 Å². The molecule has 1 aromatic carbocycles. The third kappa shape index (κ3) is 3.32. The third-order valence-corrected chi connectivity index (χ3v) is 5.92. The van der Waals surface area contributed by atoms with Crippen molar-refractivity contribution >= 4 is 28.9 Å². The summed E-state index contributed by atoms with van der Waals surface area (Å²) in [6.45, 7) is 3.80. The van der Waals surface area contributed by atoms with E-state index < -0.39 is 16.8 Å². The number of anilines is 1. The van der Waals surface area contributed by atoms with Crippen LogP contribution in [0.2, 0.25) is 0 Å². The van der Waals surface area contributed by atoms with Gasteiger partial charge in [0.05, 0.1) is 11.5 Å². The van der Waals surface area contributed by atoms with E-state index in [0.29, 0.717) is 22.8 Å². The molecule has 1 aliphatic carbocycles. The number of benzene rings is 1. The minimum absolute atomic E-state index is 0.00982. The van der Waals surface area contributed by atoms with Crippen molar-refractivity contribution in [3.05, 3.63) is 56.8 Å². The Bertz CT molecular complexity index is 1050. The SMILES string of the molecule is CCOC(=O)C1C(C)=Nc2nc3c(c(N)c2C1c1ccc([N+](=O)[O-])cc1)CCCC3. The summed E-state index contributed by atoms with van der Waals surface area (Å²) in [7, 11) is 0. The number of aryl methyl sites for hydroxylation is 1. The second-order valence-electron chi connectivity index (χ2n) is 7.70. The van der Waals surface area contributed by atoms with Crippen molar-refractivity contribution in [2.75, 3.05) is 12.3 Å². The van der Waals surface area contributed by atoms with Crippen molar-refractivity contribution in [2.45, 2.75) is 45.4 Å². The smallest absolute Gasteiger partial charge is 0.315 e. The number of nitrogens with two attached hydrogens (primary N) is 1. The van der Waals surface area contributed by atoms with Gasteiger partial charge in [-0.05, 0) is 50.7 Å². The zero-order valence-electron chi connectivity index (χ0n) is 17.1. The molecular formula is C22H24N4O4. The highest BCUT2D eigenvalue weighted by Gasteiger charge is 2.41. The number of esters is 1. The number of aromatic nitrogens is 1. The van der Waals surface area contributed by atoms with Crippen molar-refractivity contribution in [1.29, 1.82) is 0 Å². The van der Waals surface area contributed by atoms with E-state index in [1.54, 1.807) is 26.0 Å². The van der Waals surface area contributed by atoms with Gasteiger partial charge in [0.2, 0.25) is 0 Å². The molecule has 2 aliphatic rings. The molecule has 8 heteroatoms. The number of aliphatic imine (C=N–C) groups is 1. The highest BCUT2D eigenvalue weighted by Crippen LogP contribution is 2.47. The van der Waals surface area contributed by atoms with E-state index in [1.807, 2.05) is 0 Å². The van der Waals surface area contributed by atoms with E-state index in [0.717, 1.165) is 42.5 Å². The Morgan fingerprint density at radius 2 is 1.97 bits per heavy atom. The Hall–Kier alpha value is -3.29. The molecule has 0 saturated heterocycles. The summed E-state index contributed by atoms with van der Waals surface area (Å²) in [5.41, 5.74) is 11.3. The molecule has 0 amide bonds. The fourth-order valence-electron chi connectivity index (χ4n) is 4.51. The standard InChI is InChI=1S/C22H24N4O4/c1-3-30-22(27)17-12(2)24-21-19(20(23)15-6-4-5-7-16(15)25-21)18(17)13-8-10-14(11-9-13)26(28)29/h8-11,17-18H,3-7H2,1-2H3,(H2,23,25). The van der Waals surface area contributed by atoms with Gasteiger partial charge in [-0.2, -0.15) is 0 Å². The van der Waals surface area contributed by atoms with Crippen LogP contribution < -0.4 is 5.73 Å². The van der Waals surface area contributed by atoms with Gasteiger partial charge in [0.25, 0.3) is 5.69 Å². The first-order chi connectivity index (χ1) is 14.4. The zero-order valence-corrected chi connectivity index (χ0v) is 17.1. The molecule has 1 aliphatic heterocycles. The molecule has 1 aromatic heterocycles. The average Bonchev–Trinajstić information content (AvgIpc) is 2.73. The zero-order chi connectivity index (χ0) is 21.4. The number of fused-ring (bicyclic) bond motifs is 2. The van der Waals surface area contributed by atoms with Gasteiger partial charge in [-0.25, -0.2) is 9.98 Å². The molecule has 0 spiro atoms. The fraction of sp³-hybridized carbons (Fsp3) is 0.409. The van der Waals surface area contributed by atoms with Crippen LogP contribution in [-0.4, -0.2) is 28.2 Å². The predicted molar refractivity (Wildman–Crippen MR) is 113 cm³/mol. The molecule has 156 valence electrons. The van der Waals surface area contributed by atoms with Crippen molar-refractivity contribution < 1.29 is 14.5 Å². The molecule has 2 atom stereocenters. The average molecular weight is 408 g/mol. The normalized spacial score (nSPS) is 20.0. The lowest BCUT2D eigenvalue weighted by Crippen LogP contribution is -2.34. The predicted octanol–water partition coefficient (Wildman–Crippen LogP) is 3.87. The number of non-ortho nitro benzene ring substituents is 1. The monoisotopic (exact) mass is 408 g/mol. The Kier molecular flexibility index (Phi) is 5.24. The summed E-state index contributed by atoms with van der Waals surface area (Å²) in [5, 5.41) is 11.1. The van der Waals surface area contributed by atoms with E-state index >= 15 is 0 Å². The molecule has 2 N–H and O–H groups in total. The van der Waals surface area contributed by atoms with Gasteiger partial charge in [-0.15, -0.1) is 0 Å². The lowest BCUT2D eigenvalue weighted by atomic mass is 9.75. The molecule has 0 radical (unpaired) electrons. The van der Waals surface area contributed by atoms with Gasteiger partial charge in [0.15, 0.2) is 5.82 Å². The number of pyridine rings is 1. The van der Waals surface area contributed by atoms with E-state index in [9.17, 15) is 14.9 Å². The van der Waals surface area contributed by atoms with Crippen molar-refractivity contribution in [3.8, 4) is 0 Å². The second kappa shape index (κ2) is 7.85. The van der Waals surface area contributed by atoms with Crippen LogP contribution in [0.3, 0.4) is 0 Å². The first-order valence-corrected chi connectivity index (χ1v) is 10.2. The Morgan fingerprint density at radius 1 is 1.27 bits per heavy atom. The number of ether oxygens (including phenoxy) is 1. The number of rotatable bonds is 4. The van der Waals surface area contributed by atoms with Gasteiger partial charge < -0.3 is 10.5 Å². The molecule has 2 unspecified atom stereocenters. The van der Waals surface area contributed by atoms with Crippen molar-refractivity contribution in [1.82, 2.24) is 4.98 Å². The van der Waals surface area contributed by atoms with Crippen molar-refractivity contribution in [3.63, 3.8) is 0 Å². The molecule has 2 aromatic rings. The van der Waals surface area contributed by atoms with E-state index in [-0.39, 0.29) is 18.3 Å². The van der Waals surface area contributed by atoms with Crippen LogP contribution >= 0.6 is 0 Å². The minimum atomic E-state index is -0.662. The van der Waals surface area contributed by atoms with E-state index in [4.69, 9.17) is 15.5 Å². The number of carbonyl (C=O) groups excluding carboxylic acids is 1. The topological polar surface area (TPSA) is 121 Å². The maximum atomic E-state index is 12.9. The molecule has 8 nitrogen and oxygen atoms in total. The van der Waals surface area contributed by atoms with E-state index in [1.165, 1.54) is 12.1 Å². The summed E-state index contributed by atoms with van der Waals surface area (Å²) in [5.74, 6) is -0.971. The molecular weight excluding hydrogens is 384 g/mol. The number of hydrogen-bond donors (Lipinski definition) is 1. The summed E-state index contributed by atoms with van der Waals surface area (Å²) in [6.07, 6.45) is 3.83. The van der Waals surface area contributed by atoms with E-state index in [2.05, 4.69) is 4.99 Å². The van der Waals surface area contributed by atoms with Gasteiger partial charge >= 0.3 is 5.97 Å². The van der Waals surface area contributed by atoms with Crippen LogP contribution in [0.4, 0.5) is 17.2 Å². The number of nitrogen functional groups attached to an aromatic ring is 1. The number of carbonyl (C=O) groups is 1. The fourth-order valence-corrected chi connectivity index (χ4v) is 4.51. The van der Waals surface area contributed by atoms with Crippen LogP contribution in [-0.2, 0) is 22.4 Å². The van der Waals surface area contributed by atoms with Gasteiger partial charge in [-0.3, -0.25) is 14.9 Å². The number of hydrogen-bond acceptors (Lipinski definition) is 7. The maximum absolute atomic E-state index is 12.9. The third-order valence-electron chi connectivity index (χ3n) is 5.92. The van der Waals surface area contributed by atoms with Gasteiger partial charge in [0, 0.05) is 40.7 Å². The minimum Gasteiger partial charge on any atom is -0.465 e. The Labute approximate surface area is 174 Å². The summed E-state index contributed by atoms with van der Waals surface area (Å²) >= 11 is 0. The number of nitro benzene ring substituents is 1. The van der Waals surface area contributed by atoms with Gasteiger partial charge in [0.1, 0.15) is 5.92 Å². The van der Waals surface area contributed by atoms with Crippen LogP contribution in [0.15, 0.2) is 29.3 Å². The van der Waals surface area contributed by atoms with Crippen LogP contribution in [0.25, 0.3) is 0 Å². The first kappa shape index (κ1) is 20.0. The van der Waals surface area contributed by atoms with Crippen LogP contribution in [0.5, 0.6) is 0 Å². The molecule has 0 bridgehead atoms. The summed E-state index contributed by atoms with van der Waals surface area (Å²) in [6, 6.07) is 6.24. The molecule has 2 heterocycles. The largest absolute Gasteiger partial charge is 0.465 e. The molecule has 0 fully saturated rings. The van der Waals surface area contributed by atoms with Crippen LogP contribution in [0.1, 0.15) is 55.0 Å². The second-order valence-corrected chi connectivity index (χ2v) is 7.70. The summed E-state index contributed by atoms with van der Waals surface area (Å²) < 4.78 is 5.34. The summed E-state index contributed by atoms with van der Waals surface area (Å²) in [4.78, 5) is 33.0. The molecule has 0 saturated carbocycles. The van der Waals surface area contributed by atoms with Crippen LogP contribution in [0, 0.1) is 16.0 Å². The maximum Gasteiger partial charge on any atom is 0.315 e. The Balaban J connectivity index is 1.92. The molecule has 4 rings (SSSR count). The Morgan fingerprint density at radius 3 is 2.63 bits per heavy atom.